The van der Waals surface area contributed by atoms with Gasteiger partial charge in [-0.25, -0.2) is 21.3 Å². The van der Waals surface area contributed by atoms with Gasteiger partial charge in [0.2, 0.25) is 0 Å². The molecule has 35 heavy (non-hydrogen) atoms. The Morgan fingerprint density at radius 2 is 1.46 bits per heavy atom. The second-order valence-corrected chi connectivity index (χ2v) is 15.2. The molecule has 14 heteroatoms. The predicted molar refractivity (Wildman–Crippen MR) is 136 cm³/mol. The van der Waals surface area contributed by atoms with Crippen molar-refractivity contribution in [3.8, 4) is 0 Å². The lowest BCUT2D eigenvalue weighted by atomic mass is 10.0. The van der Waals surface area contributed by atoms with E-state index in [2.05, 4.69) is 0 Å². The maximum atomic E-state index is 12.3. The van der Waals surface area contributed by atoms with Crippen LogP contribution >= 0.6 is 46.7 Å². The summed E-state index contributed by atoms with van der Waals surface area (Å²) in [6.07, 6.45) is 2.28. The zero-order valence-electron chi connectivity index (χ0n) is 17.8. The molecule has 186 valence electrons. The molecule has 8 nitrogen and oxygen atoms in total. The molecule has 2 fully saturated rings. The highest BCUT2D eigenvalue weighted by Crippen LogP contribution is 2.61. The molecule has 5 atom stereocenters. The first-order chi connectivity index (χ1) is 16.4. The smallest absolute Gasteiger partial charge is 0.194 e. The molecule has 0 saturated carbocycles. The fraction of sp³-hybridized carbons (Fsp3) is 0.333. The van der Waals surface area contributed by atoms with Gasteiger partial charge in [-0.3, -0.25) is 4.48 Å². The van der Waals surface area contributed by atoms with E-state index < -0.39 is 36.4 Å². The van der Waals surface area contributed by atoms with Crippen LogP contribution in [0.3, 0.4) is 0 Å². The predicted octanol–water partition coefficient (Wildman–Crippen LogP) is 4.24. The zero-order valence-corrected chi connectivity index (χ0v) is 22.6. The monoisotopic (exact) mass is 592 g/mol. The van der Waals surface area contributed by atoms with E-state index in [0.717, 1.165) is 9.79 Å². The third-order valence-electron chi connectivity index (χ3n) is 7.46. The fourth-order valence-corrected chi connectivity index (χ4v) is 11.6. The quantitative estimate of drug-likeness (QED) is 0.384. The molecule has 2 aromatic carbocycles. The number of halogens is 2. The van der Waals surface area contributed by atoms with Gasteiger partial charge < -0.3 is 9.11 Å². The van der Waals surface area contributed by atoms with Gasteiger partial charge in [-0.1, -0.05) is 35.0 Å². The molecular formula is C21H18Cl2N2O6S4. The van der Waals surface area contributed by atoms with Crippen molar-refractivity contribution in [1.29, 1.82) is 0 Å². The lowest BCUT2D eigenvalue weighted by Gasteiger charge is -2.53. The van der Waals surface area contributed by atoms with Crippen LogP contribution in [0.1, 0.15) is 12.8 Å². The number of quaternary nitrogens is 2. The summed E-state index contributed by atoms with van der Waals surface area (Å²) >= 11 is 15.3. The zero-order chi connectivity index (χ0) is 25.0. The summed E-state index contributed by atoms with van der Waals surface area (Å²) in [5, 5.41) is -1.40. The Bertz CT molecular complexity index is 1530. The Morgan fingerprint density at radius 1 is 0.857 bits per heavy atom. The molecule has 2 spiro atoms. The number of nitrogens with zero attached hydrogens (tertiary/aromatic N) is 2. The first kappa shape index (κ1) is 24.5. The molecule has 2 saturated heterocycles. The van der Waals surface area contributed by atoms with Gasteiger partial charge in [-0.2, -0.15) is 0 Å². The fourth-order valence-electron chi connectivity index (χ4n) is 5.77. The number of hydrogen-bond donors (Lipinski definition) is 0. The van der Waals surface area contributed by atoms with Crippen LogP contribution in [-0.2, 0) is 20.2 Å². The van der Waals surface area contributed by atoms with Gasteiger partial charge in [-0.05, 0) is 36.0 Å². The Labute approximate surface area is 221 Å². The van der Waals surface area contributed by atoms with Gasteiger partial charge in [-0.15, -0.1) is 0 Å². The van der Waals surface area contributed by atoms with Gasteiger partial charge in [0.05, 0.1) is 41.8 Å². The summed E-state index contributed by atoms with van der Waals surface area (Å²) in [4.78, 5) is 1.61. The van der Waals surface area contributed by atoms with Crippen LogP contribution in [0, 0.1) is 0 Å². The number of rotatable bonds is 3. The highest BCUT2D eigenvalue weighted by atomic mass is 35.5. The average molecular weight is 594 g/mol. The minimum atomic E-state index is -4.64. The third kappa shape index (κ3) is 3.42. The molecule has 0 bridgehead atoms. The summed E-state index contributed by atoms with van der Waals surface area (Å²) in [6, 6.07) is 10.4. The summed E-state index contributed by atoms with van der Waals surface area (Å²) in [7, 11) is -9.28. The first-order valence-corrected chi connectivity index (χ1v) is 16.1. The second kappa shape index (κ2) is 7.85. The third-order valence-corrected chi connectivity index (χ3v) is 13.1. The molecule has 4 aliphatic rings. The lowest BCUT2D eigenvalue weighted by Crippen LogP contribution is -2.71. The highest BCUT2D eigenvalue weighted by Gasteiger charge is 2.64. The Balaban J connectivity index is 1.53. The van der Waals surface area contributed by atoms with Crippen LogP contribution in [0.15, 0.2) is 57.3 Å². The van der Waals surface area contributed by atoms with Gasteiger partial charge in [0.25, 0.3) is 0 Å². The standard InChI is InChI=1S/C21H18Cl2N2O6S4/c22-12-1-3-16-14(9-12)24(7-5-20(24)34(26,27)28)18(32-16)11-19-25(8-6-21(25)35(29,30)31)15-10-13(23)2-4-17(15)33-19/h1-4,9-11,18,20-21H,5-8H2/b19-11+. The summed E-state index contributed by atoms with van der Waals surface area (Å²) < 4.78 is 73.3. The van der Waals surface area contributed by atoms with Crippen LogP contribution in [0.4, 0.5) is 11.4 Å². The van der Waals surface area contributed by atoms with Crippen LogP contribution in [0.2, 0.25) is 10.0 Å². The minimum Gasteiger partial charge on any atom is -0.743 e. The lowest BCUT2D eigenvalue weighted by molar-refractivity contribution is 0.145. The molecule has 5 unspecified atom stereocenters. The highest BCUT2D eigenvalue weighted by molar-refractivity contribution is 8.04. The van der Waals surface area contributed by atoms with Crippen LogP contribution < -0.4 is 8.97 Å². The molecular weight excluding hydrogens is 575 g/mol. The van der Waals surface area contributed by atoms with Crippen molar-refractivity contribution < 1.29 is 25.9 Å². The van der Waals surface area contributed by atoms with E-state index in [1.165, 1.54) is 23.5 Å². The number of hydrogen-bond acceptors (Lipinski definition) is 8. The molecule has 0 radical (unpaired) electrons. The molecule has 0 N–H and O–H groups in total. The summed E-state index contributed by atoms with van der Waals surface area (Å²) in [5.74, 6) is 0. The van der Waals surface area contributed by atoms with Gasteiger partial charge in [0.15, 0.2) is 47.1 Å². The van der Waals surface area contributed by atoms with E-state index in [-0.39, 0.29) is 21.8 Å². The largest absolute Gasteiger partial charge is 0.743 e. The van der Waals surface area contributed by atoms with Gasteiger partial charge >= 0.3 is 0 Å². The molecule has 4 aliphatic heterocycles. The summed E-state index contributed by atoms with van der Waals surface area (Å²) in [5.41, 5.74) is 1.32. The maximum Gasteiger partial charge on any atom is 0.194 e. The van der Waals surface area contributed by atoms with Gasteiger partial charge in [0, 0.05) is 22.2 Å². The van der Waals surface area contributed by atoms with E-state index in [1.807, 2.05) is 12.1 Å². The second-order valence-electron chi connectivity index (χ2n) is 9.06. The molecule has 0 aliphatic carbocycles. The normalized spacial score (nSPS) is 34.6. The Hall–Kier alpha value is -0.800. The van der Waals surface area contributed by atoms with E-state index in [0.29, 0.717) is 39.5 Å². The number of fused-ring (bicyclic) bond motifs is 4. The maximum absolute atomic E-state index is 12.3. The summed E-state index contributed by atoms with van der Waals surface area (Å²) in [6.45, 7) is 0.825. The number of benzene rings is 2. The molecule has 0 aromatic heterocycles. The molecule has 6 rings (SSSR count). The SMILES string of the molecule is O=S(=O)([O-])C1CC[N+]12/C(=C\C1Sc3ccc(Cl)cc3[N+]13CCC3S(=O)(=O)[O-])Sc1ccc(Cl)cc12. The van der Waals surface area contributed by atoms with E-state index >= 15 is 0 Å². The molecule has 2 aromatic rings. The topological polar surface area (TPSA) is 114 Å². The van der Waals surface area contributed by atoms with Gasteiger partial charge in [0.1, 0.15) is 5.69 Å². The minimum absolute atomic E-state index is 0.0949. The Kier molecular flexibility index (Phi) is 5.51. The van der Waals surface area contributed by atoms with Crippen LogP contribution in [0.25, 0.3) is 0 Å². The van der Waals surface area contributed by atoms with E-state index in [1.54, 1.807) is 30.3 Å². The molecule has 4 heterocycles. The molecule has 0 amide bonds. The van der Waals surface area contributed by atoms with Crippen molar-refractivity contribution in [2.75, 3.05) is 13.1 Å². The van der Waals surface area contributed by atoms with Crippen molar-refractivity contribution >= 4 is 78.3 Å². The van der Waals surface area contributed by atoms with Crippen molar-refractivity contribution in [3.63, 3.8) is 0 Å². The Morgan fingerprint density at radius 3 is 2.00 bits per heavy atom. The van der Waals surface area contributed by atoms with E-state index in [4.69, 9.17) is 23.2 Å². The van der Waals surface area contributed by atoms with Crippen molar-refractivity contribution in [1.82, 2.24) is 8.97 Å². The average Bonchev–Trinajstić information content (AvgIpc) is 3.17. The van der Waals surface area contributed by atoms with Crippen LogP contribution in [-0.4, -0.2) is 55.2 Å². The van der Waals surface area contributed by atoms with Crippen molar-refractivity contribution in [3.05, 3.63) is 57.5 Å². The first-order valence-electron chi connectivity index (χ1n) is 10.7. The van der Waals surface area contributed by atoms with Crippen LogP contribution in [0.5, 0.6) is 0 Å². The van der Waals surface area contributed by atoms with Crippen molar-refractivity contribution in [2.45, 2.75) is 38.8 Å². The number of thioether (sulfide) groups is 2. The van der Waals surface area contributed by atoms with E-state index in [9.17, 15) is 25.9 Å². The van der Waals surface area contributed by atoms with Crippen molar-refractivity contribution in [2.24, 2.45) is 0 Å².